The van der Waals surface area contributed by atoms with Crippen LogP contribution in [0.15, 0.2) is 10.8 Å². The lowest BCUT2D eigenvalue weighted by Crippen LogP contribution is -2.32. The monoisotopic (exact) mass is 228 g/mol. The van der Waals surface area contributed by atoms with Gasteiger partial charge in [0.15, 0.2) is 0 Å². The van der Waals surface area contributed by atoms with Crippen LogP contribution in [0.3, 0.4) is 0 Å². The number of rotatable bonds is 1. The van der Waals surface area contributed by atoms with Gasteiger partial charge in [-0.1, -0.05) is 37.3 Å². The van der Waals surface area contributed by atoms with Crippen LogP contribution in [0.5, 0.6) is 0 Å². The summed E-state index contributed by atoms with van der Waals surface area (Å²) in [6, 6.07) is 0. The highest BCUT2D eigenvalue weighted by molar-refractivity contribution is 6.31. The van der Waals surface area contributed by atoms with Gasteiger partial charge < -0.3 is 4.74 Å². The lowest BCUT2D eigenvalue weighted by atomic mass is 9.72. The molecule has 0 aliphatic heterocycles. The molecule has 0 bridgehead atoms. The van der Waals surface area contributed by atoms with Crippen molar-refractivity contribution in [3.05, 3.63) is 10.8 Å². The number of esters is 1. The van der Waals surface area contributed by atoms with E-state index >= 15 is 0 Å². The van der Waals surface area contributed by atoms with E-state index in [-0.39, 0.29) is 5.97 Å². The minimum atomic E-state index is -0.247. The number of carbonyl (C=O) groups is 1. The normalized spacial score (nSPS) is 31.1. The lowest BCUT2D eigenvalue weighted by molar-refractivity contribution is -0.139. The molecule has 2 atom stereocenters. The largest absolute Gasteiger partial charge is 0.430 e. The maximum absolute atomic E-state index is 10.9. The Hall–Kier alpha value is -0.500. The molecule has 0 unspecified atom stereocenters. The number of ether oxygens (including phenoxy) is 1. The van der Waals surface area contributed by atoms with Crippen molar-refractivity contribution < 1.29 is 9.53 Å². The first-order valence-electron chi connectivity index (χ1n) is 5.78. The summed E-state index contributed by atoms with van der Waals surface area (Å²) in [5, 5.41) is 0.803. The van der Waals surface area contributed by atoms with E-state index in [2.05, 4.69) is 0 Å². The number of allylic oxidation sites excluding steroid dienone is 2. The summed E-state index contributed by atoms with van der Waals surface area (Å²) in [4.78, 5) is 10.9. The van der Waals surface area contributed by atoms with E-state index in [4.69, 9.17) is 16.3 Å². The molecular weight excluding hydrogens is 212 g/mol. The highest BCUT2D eigenvalue weighted by Crippen LogP contribution is 2.49. The Morgan fingerprint density at radius 1 is 1.20 bits per heavy atom. The van der Waals surface area contributed by atoms with Gasteiger partial charge in [0, 0.05) is 18.8 Å². The molecule has 0 saturated heterocycles. The summed E-state index contributed by atoms with van der Waals surface area (Å²) < 4.78 is 5.17. The topological polar surface area (TPSA) is 26.3 Å². The van der Waals surface area contributed by atoms with Crippen LogP contribution in [0.4, 0.5) is 0 Å². The molecule has 2 aliphatic carbocycles. The lowest BCUT2D eigenvalue weighted by Gasteiger charge is -2.39. The molecule has 0 heterocycles. The highest BCUT2D eigenvalue weighted by Gasteiger charge is 2.41. The second kappa shape index (κ2) is 4.56. The second-order valence-electron chi connectivity index (χ2n) is 4.51. The molecular formula is C12H17ClO2. The maximum Gasteiger partial charge on any atom is 0.307 e. The second-order valence-corrected chi connectivity index (χ2v) is 4.92. The molecule has 2 rings (SSSR count). The number of fused-ring (bicyclic) bond motifs is 1. The van der Waals surface area contributed by atoms with Gasteiger partial charge in [-0.15, -0.1) is 0 Å². The average Bonchev–Trinajstić information content (AvgIpc) is 2.15. The van der Waals surface area contributed by atoms with Crippen LogP contribution < -0.4 is 0 Å². The molecule has 2 nitrogen and oxygen atoms in total. The molecule has 2 aliphatic rings. The highest BCUT2D eigenvalue weighted by atomic mass is 35.5. The van der Waals surface area contributed by atoms with Crippen LogP contribution in [0, 0.1) is 11.8 Å². The van der Waals surface area contributed by atoms with E-state index in [1.807, 2.05) is 0 Å². The van der Waals surface area contributed by atoms with Gasteiger partial charge in [-0.3, -0.25) is 4.79 Å². The average molecular weight is 229 g/mol. The van der Waals surface area contributed by atoms with Crippen LogP contribution in [-0.4, -0.2) is 5.97 Å². The van der Waals surface area contributed by atoms with Crippen LogP contribution in [0.2, 0.25) is 0 Å². The first-order valence-corrected chi connectivity index (χ1v) is 6.16. The molecule has 0 aromatic heterocycles. The van der Waals surface area contributed by atoms with Gasteiger partial charge in [-0.25, -0.2) is 0 Å². The number of hydrogen-bond acceptors (Lipinski definition) is 2. The summed E-state index contributed by atoms with van der Waals surface area (Å²) >= 11 is 6.16. The first kappa shape index (κ1) is 11.0. The van der Waals surface area contributed by atoms with Gasteiger partial charge in [-0.2, -0.15) is 0 Å². The van der Waals surface area contributed by atoms with E-state index < -0.39 is 0 Å². The Kier molecular flexibility index (Phi) is 3.35. The predicted molar refractivity (Wildman–Crippen MR) is 59.3 cm³/mol. The summed E-state index contributed by atoms with van der Waals surface area (Å²) in [7, 11) is 0. The van der Waals surface area contributed by atoms with Crippen molar-refractivity contribution in [1.82, 2.24) is 0 Å². The molecule has 1 fully saturated rings. The van der Waals surface area contributed by atoms with Gasteiger partial charge in [0.05, 0.1) is 5.03 Å². The van der Waals surface area contributed by atoms with Crippen molar-refractivity contribution in [2.75, 3.05) is 0 Å². The zero-order chi connectivity index (χ0) is 10.8. The molecule has 0 radical (unpaired) electrons. The van der Waals surface area contributed by atoms with Crippen molar-refractivity contribution in [2.45, 2.75) is 45.4 Å². The fraction of sp³-hybridized carbons (Fsp3) is 0.750. The third-order valence-electron chi connectivity index (χ3n) is 3.42. The van der Waals surface area contributed by atoms with Crippen molar-refractivity contribution in [3.63, 3.8) is 0 Å². The van der Waals surface area contributed by atoms with E-state index in [1.165, 1.54) is 32.6 Å². The third kappa shape index (κ3) is 2.20. The van der Waals surface area contributed by atoms with Gasteiger partial charge >= 0.3 is 5.97 Å². The fourth-order valence-corrected chi connectivity index (χ4v) is 3.08. The van der Waals surface area contributed by atoms with E-state index in [9.17, 15) is 4.79 Å². The summed E-state index contributed by atoms with van der Waals surface area (Å²) in [5.74, 6) is 1.41. The van der Waals surface area contributed by atoms with Crippen LogP contribution >= 0.6 is 11.6 Å². The summed E-state index contributed by atoms with van der Waals surface area (Å²) in [6.07, 6.45) is 7.39. The van der Waals surface area contributed by atoms with Crippen molar-refractivity contribution in [3.8, 4) is 0 Å². The van der Waals surface area contributed by atoms with Crippen molar-refractivity contribution >= 4 is 17.6 Å². The zero-order valence-corrected chi connectivity index (χ0v) is 9.85. The molecule has 0 spiro atoms. The van der Waals surface area contributed by atoms with Crippen molar-refractivity contribution in [1.29, 1.82) is 0 Å². The van der Waals surface area contributed by atoms with Crippen LogP contribution in [0.1, 0.15) is 45.4 Å². The van der Waals surface area contributed by atoms with E-state index in [0.717, 1.165) is 23.6 Å². The molecule has 0 N–H and O–H groups in total. The number of hydrogen-bond donors (Lipinski definition) is 0. The molecule has 3 heteroatoms. The Morgan fingerprint density at radius 2 is 1.80 bits per heavy atom. The summed E-state index contributed by atoms with van der Waals surface area (Å²) in [6.45, 7) is 1.44. The Bertz CT molecular complexity index is 296. The van der Waals surface area contributed by atoms with E-state index in [0.29, 0.717) is 11.8 Å². The Balaban J connectivity index is 2.06. The SMILES string of the molecule is CC(=O)OC1=C(Cl)[C@H]2CCCCCC[C@@H]12. The van der Waals surface area contributed by atoms with Crippen LogP contribution in [-0.2, 0) is 9.53 Å². The smallest absolute Gasteiger partial charge is 0.307 e. The van der Waals surface area contributed by atoms with Gasteiger partial charge in [0.1, 0.15) is 5.76 Å². The molecule has 0 aromatic rings. The predicted octanol–water partition coefficient (Wildman–Crippen LogP) is 3.60. The maximum atomic E-state index is 10.9. The quantitative estimate of drug-likeness (QED) is 0.641. The first-order chi connectivity index (χ1) is 7.20. The number of carbonyl (C=O) groups excluding carboxylic acids is 1. The van der Waals surface area contributed by atoms with Crippen LogP contribution in [0.25, 0.3) is 0 Å². The Labute approximate surface area is 95.6 Å². The molecule has 15 heavy (non-hydrogen) atoms. The van der Waals surface area contributed by atoms with Crippen molar-refractivity contribution in [2.24, 2.45) is 11.8 Å². The summed E-state index contributed by atoms with van der Waals surface area (Å²) in [5.41, 5.74) is 0. The van der Waals surface area contributed by atoms with Gasteiger partial charge in [0.25, 0.3) is 0 Å². The van der Waals surface area contributed by atoms with E-state index in [1.54, 1.807) is 0 Å². The standard InChI is InChI=1S/C12H17ClO2/c1-8(14)15-12-10-7-5-3-2-4-6-9(10)11(12)13/h9-10H,2-7H2,1H3/t9-,10+/m0/s1. The molecule has 1 saturated carbocycles. The van der Waals surface area contributed by atoms with Gasteiger partial charge in [0.2, 0.25) is 0 Å². The minimum Gasteiger partial charge on any atom is -0.430 e. The molecule has 84 valence electrons. The molecule has 0 aromatic carbocycles. The Morgan fingerprint density at radius 3 is 2.40 bits per heavy atom. The molecule has 0 amide bonds. The van der Waals surface area contributed by atoms with Gasteiger partial charge in [-0.05, 0) is 12.8 Å². The third-order valence-corrected chi connectivity index (χ3v) is 3.88. The minimum absolute atomic E-state index is 0.247. The fourth-order valence-electron chi connectivity index (χ4n) is 2.64. The zero-order valence-electron chi connectivity index (χ0n) is 9.09. The number of halogens is 1.